The van der Waals surface area contributed by atoms with Gasteiger partial charge in [-0.3, -0.25) is 19.3 Å². The zero-order valence-corrected chi connectivity index (χ0v) is 17.6. The Bertz CT molecular complexity index is 942. The highest BCUT2D eigenvalue weighted by atomic mass is 32.2. The van der Waals surface area contributed by atoms with E-state index in [9.17, 15) is 14.4 Å². The van der Waals surface area contributed by atoms with Crippen LogP contribution in [0.5, 0.6) is 0 Å². The fourth-order valence-electron chi connectivity index (χ4n) is 4.43. The molecule has 0 aliphatic carbocycles. The van der Waals surface area contributed by atoms with E-state index in [2.05, 4.69) is 4.90 Å². The normalized spacial score (nSPS) is 24.9. The predicted molar refractivity (Wildman–Crippen MR) is 115 cm³/mol. The van der Waals surface area contributed by atoms with Crippen molar-refractivity contribution in [2.45, 2.75) is 38.1 Å². The van der Waals surface area contributed by atoms with Gasteiger partial charge in [-0.25, -0.2) is 0 Å². The summed E-state index contributed by atoms with van der Waals surface area (Å²) in [5.74, 6) is -0.245. The smallest absolute Gasteiger partial charge is 0.303 e. The summed E-state index contributed by atoms with van der Waals surface area (Å²) in [6.07, 6.45) is 4.24. The molecule has 3 aliphatic rings. The summed E-state index contributed by atoms with van der Waals surface area (Å²) in [4.78, 5) is 39.9. The highest BCUT2D eigenvalue weighted by Gasteiger charge is 2.36. The average molecular weight is 434 g/mol. The maximum Gasteiger partial charge on any atom is 0.303 e. The first-order valence-corrected chi connectivity index (χ1v) is 11.1. The number of hydrogen-bond acceptors (Lipinski definition) is 6. The number of carboxylic acid groups (broad SMARTS) is 1. The zero-order chi connectivity index (χ0) is 20.5. The van der Waals surface area contributed by atoms with Crippen LogP contribution in [0.15, 0.2) is 34.1 Å². The molecule has 0 radical (unpaired) electrons. The van der Waals surface area contributed by atoms with Gasteiger partial charge < -0.3 is 14.6 Å². The van der Waals surface area contributed by atoms with E-state index in [1.54, 1.807) is 11.0 Å². The number of pyridine rings is 1. The number of unbranched alkanes of at least 4 members (excludes halogenated alkanes) is 1. The van der Waals surface area contributed by atoms with Crippen LogP contribution in [-0.4, -0.2) is 55.3 Å². The number of carbonyl (C=O) groups excluding carboxylic acids is 1. The second-order valence-electron chi connectivity index (χ2n) is 7.82. The predicted octanol–water partition coefficient (Wildman–Crippen LogP) is 2.22. The lowest BCUT2D eigenvalue weighted by atomic mass is 9.83. The molecule has 4 rings (SSSR count). The molecule has 154 valence electrons. The van der Waals surface area contributed by atoms with Crippen molar-refractivity contribution in [3.05, 3.63) is 45.4 Å². The van der Waals surface area contributed by atoms with E-state index in [0.29, 0.717) is 34.5 Å². The Morgan fingerprint density at radius 3 is 2.86 bits per heavy atom. The van der Waals surface area contributed by atoms with Gasteiger partial charge >= 0.3 is 5.97 Å². The standard InChI is InChI=1S/C20H23N3O4S2/c24-17-5-3-4-15-14-8-13(10-23(15)17)9-21(11-14)12-16-19(27)22(20(28)29-16)7-2-1-6-18(25)26/h3-5,12-14H,1-2,6-11H2,(H,25,26)/b16-12-/t13-,14-/m0/s1. The minimum atomic E-state index is -0.824. The fraction of sp³-hybridized carbons (Fsp3) is 0.500. The molecule has 7 nitrogen and oxygen atoms in total. The minimum absolute atomic E-state index is 0.0643. The summed E-state index contributed by atoms with van der Waals surface area (Å²) in [6, 6.07) is 5.47. The highest BCUT2D eigenvalue weighted by Crippen LogP contribution is 2.37. The Morgan fingerprint density at radius 2 is 2.07 bits per heavy atom. The van der Waals surface area contributed by atoms with Crippen LogP contribution in [0, 0.1) is 5.92 Å². The summed E-state index contributed by atoms with van der Waals surface area (Å²) in [5.41, 5.74) is 1.15. The molecule has 2 fully saturated rings. The van der Waals surface area contributed by atoms with Crippen molar-refractivity contribution in [3.8, 4) is 0 Å². The van der Waals surface area contributed by atoms with E-state index in [1.807, 2.05) is 22.9 Å². The van der Waals surface area contributed by atoms with Crippen molar-refractivity contribution in [2.75, 3.05) is 19.6 Å². The lowest BCUT2D eigenvalue weighted by Gasteiger charge is -2.42. The lowest BCUT2D eigenvalue weighted by Crippen LogP contribution is -2.45. The Hall–Kier alpha value is -2.13. The van der Waals surface area contributed by atoms with Crippen molar-refractivity contribution >= 4 is 40.2 Å². The van der Waals surface area contributed by atoms with E-state index in [-0.39, 0.29) is 23.8 Å². The van der Waals surface area contributed by atoms with Crippen LogP contribution in [-0.2, 0) is 16.1 Å². The molecule has 1 aromatic heterocycles. The number of aliphatic carboxylic acids is 1. The van der Waals surface area contributed by atoms with Gasteiger partial charge in [0.15, 0.2) is 0 Å². The van der Waals surface area contributed by atoms with Crippen molar-refractivity contribution in [1.29, 1.82) is 0 Å². The molecule has 1 amide bonds. The molecule has 0 unspecified atom stereocenters. The van der Waals surface area contributed by atoms with Crippen LogP contribution in [0.1, 0.15) is 37.3 Å². The van der Waals surface area contributed by atoms with Gasteiger partial charge in [-0.1, -0.05) is 30.0 Å². The highest BCUT2D eigenvalue weighted by molar-refractivity contribution is 8.26. The van der Waals surface area contributed by atoms with Gasteiger partial charge in [0.2, 0.25) is 0 Å². The molecular formula is C20H23N3O4S2. The second kappa shape index (κ2) is 8.31. The maximum absolute atomic E-state index is 12.8. The summed E-state index contributed by atoms with van der Waals surface area (Å²) < 4.78 is 2.43. The van der Waals surface area contributed by atoms with Crippen molar-refractivity contribution in [2.24, 2.45) is 5.92 Å². The Morgan fingerprint density at radius 1 is 1.24 bits per heavy atom. The minimum Gasteiger partial charge on any atom is -0.481 e. The Labute approximate surface area is 178 Å². The topological polar surface area (TPSA) is 82.8 Å². The largest absolute Gasteiger partial charge is 0.481 e. The van der Waals surface area contributed by atoms with Gasteiger partial charge in [-0.2, -0.15) is 0 Å². The summed E-state index contributed by atoms with van der Waals surface area (Å²) in [7, 11) is 0. The van der Waals surface area contributed by atoms with E-state index in [1.165, 1.54) is 11.8 Å². The number of carbonyl (C=O) groups is 2. The van der Waals surface area contributed by atoms with E-state index in [4.69, 9.17) is 17.3 Å². The van der Waals surface area contributed by atoms with E-state index >= 15 is 0 Å². The SMILES string of the molecule is O=C(O)CCCCN1C(=O)/C(=C/N2C[C@@H]3C[C@@H](C2)c2cccc(=O)n2C3)SC1=S. The van der Waals surface area contributed by atoms with Crippen LogP contribution in [0.3, 0.4) is 0 Å². The first-order valence-electron chi connectivity index (χ1n) is 9.83. The molecule has 29 heavy (non-hydrogen) atoms. The molecule has 1 N–H and O–H groups in total. The number of fused-ring (bicyclic) bond motifs is 4. The lowest BCUT2D eigenvalue weighted by molar-refractivity contribution is -0.137. The summed E-state index contributed by atoms with van der Waals surface area (Å²) in [5, 5.41) is 8.73. The number of aromatic nitrogens is 1. The second-order valence-corrected chi connectivity index (χ2v) is 9.50. The summed E-state index contributed by atoms with van der Waals surface area (Å²) in [6.45, 7) is 2.78. The molecule has 0 aromatic carbocycles. The number of carboxylic acids is 1. The number of thiocarbonyl (C=S) groups is 1. The summed E-state index contributed by atoms with van der Waals surface area (Å²) >= 11 is 6.68. The van der Waals surface area contributed by atoms with Crippen LogP contribution in [0.2, 0.25) is 0 Å². The molecule has 0 saturated carbocycles. The third-order valence-corrected chi connectivity index (χ3v) is 7.07. The number of thioether (sulfide) groups is 1. The van der Waals surface area contributed by atoms with Crippen LogP contribution < -0.4 is 5.56 Å². The quantitative estimate of drug-likeness (QED) is 0.418. The number of rotatable bonds is 6. The van der Waals surface area contributed by atoms with Crippen molar-refractivity contribution in [1.82, 2.24) is 14.4 Å². The molecule has 2 saturated heterocycles. The number of piperidine rings is 1. The third kappa shape index (κ3) is 4.25. The van der Waals surface area contributed by atoms with Crippen LogP contribution in [0.4, 0.5) is 0 Å². The number of likely N-dealkylation sites (tertiary alicyclic amines) is 1. The Balaban J connectivity index is 1.43. The maximum atomic E-state index is 12.8. The van der Waals surface area contributed by atoms with Crippen molar-refractivity contribution < 1.29 is 14.7 Å². The average Bonchev–Trinajstić information content (AvgIpc) is 2.93. The third-order valence-electron chi connectivity index (χ3n) is 5.70. The number of amides is 1. The van der Waals surface area contributed by atoms with E-state index in [0.717, 1.165) is 31.7 Å². The molecule has 2 bridgehead atoms. The van der Waals surface area contributed by atoms with Gasteiger partial charge in [0.1, 0.15) is 4.32 Å². The van der Waals surface area contributed by atoms with Crippen LogP contribution in [0.25, 0.3) is 0 Å². The van der Waals surface area contributed by atoms with Gasteiger partial charge in [0.25, 0.3) is 11.5 Å². The van der Waals surface area contributed by atoms with Gasteiger partial charge in [-0.15, -0.1) is 0 Å². The molecule has 3 aliphatic heterocycles. The van der Waals surface area contributed by atoms with E-state index < -0.39 is 5.97 Å². The van der Waals surface area contributed by atoms with Gasteiger partial charge in [-0.05, 0) is 31.2 Å². The monoisotopic (exact) mass is 433 g/mol. The number of nitrogens with zero attached hydrogens (tertiary/aromatic N) is 3. The molecular weight excluding hydrogens is 410 g/mol. The molecule has 9 heteroatoms. The van der Waals surface area contributed by atoms with Crippen LogP contribution >= 0.6 is 24.0 Å². The first-order chi connectivity index (χ1) is 13.9. The molecule has 1 aromatic rings. The first kappa shape index (κ1) is 20.2. The molecule has 4 heterocycles. The Kier molecular flexibility index (Phi) is 5.78. The zero-order valence-electron chi connectivity index (χ0n) is 16.0. The van der Waals surface area contributed by atoms with Gasteiger partial charge in [0, 0.05) is 56.5 Å². The molecule has 2 atom stereocenters. The number of hydrogen-bond donors (Lipinski definition) is 1. The van der Waals surface area contributed by atoms with Crippen molar-refractivity contribution in [3.63, 3.8) is 0 Å². The fourth-order valence-corrected chi connectivity index (χ4v) is 5.75. The van der Waals surface area contributed by atoms with Gasteiger partial charge in [0.05, 0.1) is 4.91 Å². The molecule has 0 spiro atoms.